The van der Waals surface area contributed by atoms with Crippen molar-refractivity contribution in [3.63, 3.8) is 0 Å². The first kappa shape index (κ1) is 47.2. The van der Waals surface area contributed by atoms with Gasteiger partial charge >= 0.3 is 0 Å². The van der Waals surface area contributed by atoms with Crippen molar-refractivity contribution in [3.8, 4) is 44.5 Å². The van der Waals surface area contributed by atoms with Crippen molar-refractivity contribution in [3.05, 3.63) is 253 Å². The second-order valence-corrected chi connectivity index (χ2v) is 26.1. The van der Waals surface area contributed by atoms with Crippen molar-refractivity contribution in [1.82, 2.24) is 0 Å². The molecule has 2 aliphatic carbocycles. The molecule has 10 aromatic carbocycles. The zero-order chi connectivity index (χ0) is 51.1. The van der Waals surface area contributed by atoms with Crippen LogP contribution in [0, 0.1) is 0 Å². The maximum absolute atomic E-state index is 17.0. The van der Waals surface area contributed by atoms with E-state index in [0.717, 1.165) is 58.7 Å². The minimum Gasteiger partial charge on any atom is -0.454 e. The van der Waals surface area contributed by atoms with Gasteiger partial charge in [0.1, 0.15) is 11.2 Å². The third-order valence-electron chi connectivity index (χ3n) is 17.4. The van der Waals surface area contributed by atoms with Crippen molar-refractivity contribution in [2.24, 2.45) is 0 Å². The van der Waals surface area contributed by atoms with Crippen LogP contribution in [0.25, 0.3) is 66.4 Å². The van der Waals surface area contributed by atoms with Crippen molar-refractivity contribution >= 4 is 68.0 Å². The van der Waals surface area contributed by atoms with Crippen LogP contribution in [0.5, 0.6) is 0 Å². The van der Waals surface area contributed by atoms with E-state index in [2.05, 4.69) is 137 Å². The Balaban J connectivity index is 1.16. The summed E-state index contributed by atoms with van der Waals surface area (Å²) in [6.07, 6.45) is 3.86. The van der Waals surface area contributed by atoms with Gasteiger partial charge in [-0.1, -0.05) is 222 Å². The van der Waals surface area contributed by atoms with E-state index >= 15 is 9.13 Å². The summed E-state index contributed by atoms with van der Waals surface area (Å²) in [4.78, 5) is 0. The average molecular weight is 1010 g/mol. The van der Waals surface area contributed by atoms with Gasteiger partial charge in [-0.05, 0) is 129 Å². The lowest BCUT2D eigenvalue weighted by Crippen LogP contribution is -2.26. The first-order valence-electron chi connectivity index (χ1n) is 26.7. The largest absolute Gasteiger partial charge is 0.454 e. The summed E-state index contributed by atoms with van der Waals surface area (Å²) >= 11 is 0. The second-order valence-electron chi connectivity index (χ2n) is 20.6. The van der Waals surface area contributed by atoms with Gasteiger partial charge in [-0.25, -0.2) is 0 Å². The molecular weight excluding hydrogens is 951 g/mol. The lowest BCUT2D eigenvalue weighted by molar-refractivity contribution is 0.490. The Bertz CT molecular complexity index is 3760. The summed E-state index contributed by atoms with van der Waals surface area (Å²) in [7, 11) is -7.38. The second kappa shape index (κ2) is 18.1. The molecule has 2 aliphatic rings. The first-order valence-corrected chi connectivity index (χ1v) is 30.1. The molecule has 0 aliphatic heterocycles. The topological polar surface area (TPSA) is 47.3 Å². The number of rotatable bonds is 12. The SMILES string of the molecule is CCC1(CC)c2ccccc2-c2ccc(-c3cc(P(=O)(c4ccccc4)c4ccccc4)c4oc5c(P(=O)(c6ccccc6)c6ccccc6)cc(-c6ccc7c(c6)C(CC)(CC)c6ccccc6-7)cc5c4c3)cc21. The van der Waals surface area contributed by atoms with Gasteiger partial charge in [-0.2, -0.15) is 0 Å². The van der Waals surface area contributed by atoms with Crippen LogP contribution in [0.3, 0.4) is 0 Å². The van der Waals surface area contributed by atoms with Crippen LogP contribution in [0.15, 0.2) is 235 Å². The van der Waals surface area contributed by atoms with Gasteiger partial charge in [0.2, 0.25) is 0 Å². The molecule has 0 unspecified atom stereocenters. The van der Waals surface area contributed by atoms with Gasteiger partial charge in [-0.3, -0.25) is 0 Å². The predicted molar refractivity (Wildman–Crippen MR) is 317 cm³/mol. The summed E-state index contributed by atoms with van der Waals surface area (Å²) < 4.78 is 41.6. The van der Waals surface area contributed by atoms with Gasteiger partial charge in [0.15, 0.2) is 14.3 Å². The highest BCUT2D eigenvalue weighted by Crippen LogP contribution is 2.56. The molecule has 0 atom stereocenters. The van der Waals surface area contributed by atoms with Crippen LogP contribution in [0.1, 0.15) is 75.6 Å². The van der Waals surface area contributed by atoms with Crippen LogP contribution >= 0.6 is 14.3 Å². The Kier molecular flexibility index (Phi) is 11.4. The molecule has 11 aromatic rings. The Morgan fingerprint density at radius 3 is 0.960 bits per heavy atom. The monoisotopic (exact) mass is 1010 g/mol. The third kappa shape index (κ3) is 6.87. The van der Waals surface area contributed by atoms with E-state index in [9.17, 15) is 0 Å². The van der Waals surface area contributed by atoms with E-state index in [1.54, 1.807) is 0 Å². The van der Waals surface area contributed by atoms with E-state index in [1.807, 2.05) is 121 Å². The molecule has 0 saturated heterocycles. The van der Waals surface area contributed by atoms with Gasteiger partial charge in [0.05, 0.1) is 10.6 Å². The number of furan rings is 1. The Morgan fingerprint density at radius 2 is 0.627 bits per heavy atom. The number of fused-ring (bicyclic) bond motifs is 9. The highest BCUT2D eigenvalue weighted by molar-refractivity contribution is 7.86. The van der Waals surface area contributed by atoms with E-state index in [1.165, 1.54) is 44.5 Å². The summed E-state index contributed by atoms with van der Waals surface area (Å²) in [5.74, 6) is 0. The zero-order valence-electron chi connectivity index (χ0n) is 42.9. The predicted octanol–water partition coefficient (Wildman–Crippen LogP) is 16.4. The quantitative estimate of drug-likeness (QED) is 0.115. The molecule has 0 fully saturated rings. The smallest absolute Gasteiger partial charge is 0.174 e. The Morgan fingerprint density at radius 1 is 0.320 bits per heavy atom. The summed E-state index contributed by atoms with van der Waals surface area (Å²) in [6, 6.07) is 80.0. The molecule has 1 aromatic heterocycles. The van der Waals surface area contributed by atoms with Crippen LogP contribution in [-0.4, -0.2) is 0 Å². The maximum Gasteiger partial charge on any atom is 0.174 e. The van der Waals surface area contributed by atoms with Crippen molar-refractivity contribution in [1.29, 1.82) is 0 Å². The lowest BCUT2D eigenvalue weighted by atomic mass is 9.73. The molecule has 0 saturated carbocycles. The molecule has 1 heterocycles. The summed E-state index contributed by atoms with van der Waals surface area (Å²) in [5.41, 5.74) is 15.3. The molecule has 366 valence electrons. The third-order valence-corrected chi connectivity index (χ3v) is 23.5. The fraction of sp³-hybridized carbons (Fsp3) is 0.143. The lowest BCUT2D eigenvalue weighted by Gasteiger charge is -2.30. The molecule has 3 nitrogen and oxygen atoms in total. The van der Waals surface area contributed by atoms with Gasteiger partial charge in [-0.15, -0.1) is 0 Å². The number of benzene rings is 10. The normalized spacial score (nSPS) is 14.1. The highest BCUT2D eigenvalue weighted by Gasteiger charge is 2.43. The van der Waals surface area contributed by atoms with E-state index in [4.69, 9.17) is 4.42 Å². The molecule has 0 radical (unpaired) electrons. The van der Waals surface area contributed by atoms with Crippen LogP contribution in [0.4, 0.5) is 0 Å². The minimum absolute atomic E-state index is 0.148. The average Bonchev–Trinajstić information content (AvgIpc) is 4.21. The van der Waals surface area contributed by atoms with Crippen molar-refractivity contribution in [2.45, 2.75) is 64.2 Å². The molecule has 0 spiro atoms. The van der Waals surface area contributed by atoms with Gasteiger partial charge < -0.3 is 13.5 Å². The van der Waals surface area contributed by atoms with Crippen LogP contribution in [0.2, 0.25) is 0 Å². The minimum atomic E-state index is -3.69. The first-order chi connectivity index (χ1) is 36.7. The van der Waals surface area contributed by atoms with E-state index < -0.39 is 14.3 Å². The van der Waals surface area contributed by atoms with E-state index in [-0.39, 0.29) is 10.8 Å². The van der Waals surface area contributed by atoms with Crippen molar-refractivity contribution in [2.75, 3.05) is 0 Å². The van der Waals surface area contributed by atoms with E-state index in [0.29, 0.717) is 43.0 Å². The summed E-state index contributed by atoms with van der Waals surface area (Å²) in [5, 5.41) is 5.72. The molecule has 0 N–H and O–H groups in total. The molecule has 0 amide bonds. The fourth-order valence-electron chi connectivity index (χ4n) is 13.4. The molecular formula is C70H58O3P2. The van der Waals surface area contributed by atoms with Crippen LogP contribution in [-0.2, 0) is 20.0 Å². The van der Waals surface area contributed by atoms with Crippen molar-refractivity contribution < 1.29 is 13.5 Å². The Hall–Kier alpha value is -7.54. The summed E-state index contributed by atoms with van der Waals surface area (Å²) in [6.45, 7) is 9.23. The Labute approximate surface area is 440 Å². The fourth-order valence-corrected chi connectivity index (χ4v) is 19.1. The molecule has 5 heteroatoms. The number of hydrogen-bond acceptors (Lipinski definition) is 3. The van der Waals surface area contributed by atoms with Gasteiger partial charge in [0.25, 0.3) is 0 Å². The molecule has 75 heavy (non-hydrogen) atoms. The standard InChI is InChI=1S/C70H58O3P2/c1-5-69(6-2)61-35-23-21-33-55(61)57-39-37-47(43-63(57)69)49-41-59-60-42-50(48-38-40-58-56-34-22-24-36-62(56)70(7-3,8-4)64(58)44-48)46-66(75(72,53-29-17-11-18-30-53)54-31-19-12-20-32-54)68(60)73-67(59)65(45-49)74(71,51-25-13-9-14-26-51)52-27-15-10-16-28-52/h9-46H,5-8H2,1-4H3. The maximum atomic E-state index is 17.0. The zero-order valence-corrected chi connectivity index (χ0v) is 44.7. The van der Waals surface area contributed by atoms with Gasteiger partial charge in [0, 0.05) is 42.8 Å². The van der Waals surface area contributed by atoms with Crippen LogP contribution < -0.4 is 31.8 Å². The highest BCUT2D eigenvalue weighted by atomic mass is 31.2. The number of hydrogen-bond donors (Lipinski definition) is 0. The molecule has 13 rings (SSSR count). The molecule has 0 bridgehead atoms.